The molecule has 0 unspecified atom stereocenters. The van der Waals surface area contributed by atoms with Crippen LogP contribution in [0.2, 0.25) is 0 Å². The third kappa shape index (κ3) is 3.82. The Labute approximate surface area is 110 Å². The highest BCUT2D eigenvalue weighted by atomic mass is 15.2. The van der Waals surface area contributed by atoms with Gasteiger partial charge >= 0.3 is 0 Å². The van der Waals surface area contributed by atoms with Crippen LogP contribution in [0, 0.1) is 5.92 Å². The molecule has 1 aromatic heterocycles. The van der Waals surface area contributed by atoms with Gasteiger partial charge in [-0.3, -0.25) is 4.90 Å². The Morgan fingerprint density at radius 1 is 1.39 bits per heavy atom. The van der Waals surface area contributed by atoms with Crippen molar-refractivity contribution in [1.29, 1.82) is 0 Å². The molecule has 0 amide bonds. The summed E-state index contributed by atoms with van der Waals surface area (Å²) in [5.41, 5.74) is 0. The highest BCUT2D eigenvalue weighted by molar-refractivity contribution is 4.91. The number of aryl methyl sites for hydroxylation is 1. The standard InChI is InChI=1S/C14H26N4/c1-12(2)16-10-13-4-7-18(8-5-13)11-14-15-6-9-17(14)3/h6,9,12-13,16H,4-5,7-8,10-11H2,1-3H3. The van der Waals surface area contributed by atoms with Gasteiger partial charge in [0.2, 0.25) is 0 Å². The van der Waals surface area contributed by atoms with E-state index in [1.807, 2.05) is 12.4 Å². The van der Waals surface area contributed by atoms with Gasteiger partial charge in [-0.1, -0.05) is 13.8 Å². The number of imidazole rings is 1. The quantitative estimate of drug-likeness (QED) is 0.862. The molecule has 2 rings (SSSR count). The number of hydrogen-bond acceptors (Lipinski definition) is 3. The van der Waals surface area contributed by atoms with E-state index in [0.29, 0.717) is 6.04 Å². The van der Waals surface area contributed by atoms with Crippen LogP contribution in [0.3, 0.4) is 0 Å². The minimum atomic E-state index is 0.607. The molecule has 102 valence electrons. The Hall–Kier alpha value is -0.870. The van der Waals surface area contributed by atoms with Gasteiger partial charge in [-0.05, 0) is 38.4 Å². The zero-order chi connectivity index (χ0) is 13.0. The second kappa shape index (κ2) is 6.34. The fraction of sp³-hybridized carbons (Fsp3) is 0.786. The van der Waals surface area contributed by atoms with Crippen molar-refractivity contribution in [3.8, 4) is 0 Å². The topological polar surface area (TPSA) is 33.1 Å². The lowest BCUT2D eigenvalue weighted by molar-refractivity contribution is 0.169. The molecule has 4 heteroatoms. The van der Waals surface area contributed by atoms with Crippen molar-refractivity contribution < 1.29 is 0 Å². The van der Waals surface area contributed by atoms with Crippen molar-refractivity contribution >= 4 is 0 Å². The van der Waals surface area contributed by atoms with Crippen molar-refractivity contribution in [2.45, 2.75) is 39.3 Å². The Morgan fingerprint density at radius 3 is 2.67 bits per heavy atom. The predicted molar refractivity (Wildman–Crippen MR) is 74.3 cm³/mol. The summed E-state index contributed by atoms with van der Waals surface area (Å²) in [6.07, 6.45) is 6.53. The monoisotopic (exact) mass is 250 g/mol. The minimum Gasteiger partial charge on any atom is -0.337 e. The van der Waals surface area contributed by atoms with E-state index in [0.717, 1.165) is 12.5 Å². The molecule has 1 aromatic rings. The summed E-state index contributed by atoms with van der Waals surface area (Å²) in [7, 11) is 2.07. The summed E-state index contributed by atoms with van der Waals surface area (Å²) < 4.78 is 2.12. The summed E-state index contributed by atoms with van der Waals surface area (Å²) in [5.74, 6) is 2.03. The van der Waals surface area contributed by atoms with Crippen LogP contribution in [0.1, 0.15) is 32.5 Å². The normalized spacial score (nSPS) is 18.7. The van der Waals surface area contributed by atoms with Crippen molar-refractivity contribution in [3.05, 3.63) is 18.2 Å². The third-order valence-corrected chi connectivity index (χ3v) is 3.81. The van der Waals surface area contributed by atoms with Gasteiger partial charge in [0.15, 0.2) is 0 Å². The number of aromatic nitrogens is 2. The summed E-state index contributed by atoms with van der Waals surface area (Å²) in [6.45, 7) is 9.02. The van der Waals surface area contributed by atoms with Crippen LogP contribution < -0.4 is 5.32 Å². The molecule has 4 nitrogen and oxygen atoms in total. The van der Waals surface area contributed by atoms with Crippen LogP contribution in [-0.2, 0) is 13.6 Å². The maximum Gasteiger partial charge on any atom is 0.122 e. The van der Waals surface area contributed by atoms with E-state index in [4.69, 9.17) is 0 Å². The number of likely N-dealkylation sites (tertiary alicyclic amines) is 1. The van der Waals surface area contributed by atoms with Gasteiger partial charge in [0.1, 0.15) is 5.82 Å². The highest BCUT2D eigenvalue weighted by Crippen LogP contribution is 2.18. The first kappa shape index (κ1) is 13.6. The molecule has 0 atom stereocenters. The van der Waals surface area contributed by atoms with Gasteiger partial charge in [0.25, 0.3) is 0 Å². The molecule has 0 saturated carbocycles. The lowest BCUT2D eigenvalue weighted by Gasteiger charge is -2.32. The molecule has 0 radical (unpaired) electrons. The first-order chi connectivity index (χ1) is 8.65. The third-order valence-electron chi connectivity index (χ3n) is 3.81. The zero-order valence-corrected chi connectivity index (χ0v) is 11.9. The van der Waals surface area contributed by atoms with Gasteiger partial charge in [-0.2, -0.15) is 0 Å². The highest BCUT2D eigenvalue weighted by Gasteiger charge is 2.19. The van der Waals surface area contributed by atoms with E-state index < -0.39 is 0 Å². The Kier molecular flexibility index (Phi) is 4.78. The first-order valence-electron chi connectivity index (χ1n) is 7.07. The molecule has 1 saturated heterocycles. The average Bonchev–Trinajstić information content (AvgIpc) is 2.74. The SMILES string of the molecule is CC(C)NCC1CCN(Cc2nccn2C)CC1. The molecule has 0 bridgehead atoms. The number of nitrogens with one attached hydrogen (secondary N) is 1. The van der Waals surface area contributed by atoms with Crippen LogP contribution >= 0.6 is 0 Å². The molecule has 0 spiro atoms. The molecule has 0 aliphatic carbocycles. The number of piperidine rings is 1. The summed E-state index contributed by atoms with van der Waals surface area (Å²) in [6, 6.07) is 0.607. The van der Waals surface area contributed by atoms with Crippen molar-refractivity contribution in [1.82, 2.24) is 19.8 Å². The summed E-state index contributed by atoms with van der Waals surface area (Å²) in [4.78, 5) is 6.92. The summed E-state index contributed by atoms with van der Waals surface area (Å²) >= 11 is 0. The second-order valence-corrected chi connectivity index (χ2v) is 5.74. The van der Waals surface area contributed by atoms with Crippen molar-refractivity contribution in [2.75, 3.05) is 19.6 Å². The van der Waals surface area contributed by atoms with Gasteiger partial charge in [-0.25, -0.2) is 4.98 Å². The molecule has 2 heterocycles. The fourth-order valence-corrected chi connectivity index (χ4v) is 2.50. The first-order valence-corrected chi connectivity index (χ1v) is 7.07. The molecule has 0 aromatic carbocycles. The van der Waals surface area contributed by atoms with Crippen LogP contribution in [0.15, 0.2) is 12.4 Å². The van der Waals surface area contributed by atoms with E-state index in [9.17, 15) is 0 Å². The van der Waals surface area contributed by atoms with E-state index >= 15 is 0 Å². The number of nitrogens with zero attached hydrogens (tertiary/aromatic N) is 3. The van der Waals surface area contributed by atoms with Gasteiger partial charge in [0, 0.05) is 25.5 Å². The smallest absolute Gasteiger partial charge is 0.122 e. The van der Waals surface area contributed by atoms with E-state index in [1.54, 1.807) is 0 Å². The second-order valence-electron chi connectivity index (χ2n) is 5.74. The van der Waals surface area contributed by atoms with Crippen molar-refractivity contribution in [3.63, 3.8) is 0 Å². The lowest BCUT2D eigenvalue weighted by Crippen LogP contribution is -2.38. The van der Waals surface area contributed by atoms with Crippen LogP contribution in [0.5, 0.6) is 0 Å². The molecular weight excluding hydrogens is 224 g/mol. The van der Waals surface area contributed by atoms with Gasteiger partial charge < -0.3 is 9.88 Å². The molecule has 1 aliphatic rings. The van der Waals surface area contributed by atoms with Crippen LogP contribution in [0.4, 0.5) is 0 Å². The fourth-order valence-electron chi connectivity index (χ4n) is 2.50. The largest absolute Gasteiger partial charge is 0.337 e. The Morgan fingerprint density at radius 2 is 2.11 bits per heavy atom. The molecule has 1 fully saturated rings. The van der Waals surface area contributed by atoms with Gasteiger partial charge in [0.05, 0.1) is 6.54 Å². The van der Waals surface area contributed by atoms with E-state index in [1.165, 1.54) is 38.3 Å². The van der Waals surface area contributed by atoms with E-state index in [-0.39, 0.29) is 0 Å². The maximum atomic E-state index is 4.40. The van der Waals surface area contributed by atoms with Gasteiger partial charge in [-0.15, -0.1) is 0 Å². The number of rotatable bonds is 5. The molecule has 1 N–H and O–H groups in total. The minimum absolute atomic E-state index is 0.607. The molecule has 1 aliphatic heterocycles. The van der Waals surface area contributed by atoms with Crippen LogP contribution in [0.25, 0.3) is 0 Å². The van der Waals surface area contributed by atoms with Crippen molar-refractivity contribution in [2.24, 2.45) is 13.0 Å². The molecular formula is C14H26N4. The Bertz CT molecular complexity index is 350. The zero-order valence-electron chi connectivity index (χ0n) is 11.9. The molecule has 18 heavy (non-hydrogen) atoms. The summed E-state index contributed by atoms with van der Waals surface area (Å²) in [5, 5.41) is 3.55. The maximum absolute atomic E-state index is 4.40. The number of hydrogen-bond donors (Lipinski definition) is 1. The predicted octanol–water partition coefficient (Wildman–Crippen LogP) is 1.63. The lowest BCUT2D eigenvalue weighted by atomic mass is 9.96. The Balaban J connectivity index is 1.72. The van der Waals surface area contributed by atoms with E-state index in [2.05, 4.69) is 40.7 Å². The average molecular weight is 250 g/mol. The van der Waals surface area contributed by atoms with Crippen LogP contribution in [-0.4, -0.2) is 40.1 Å².